The van der Waals surface area contributed by atoms with E-state index in [1.54, 1.807) is 7.11 Å². The van der Waals surface area contributed by atoms with Crippen LogP contribution >= 0.6 is 0 Å². The van der Waals surface area contributed by atoms with Gasteiger partial charge in [-0.1, -0.05) is 42.5 Å². The first-order valence-electron chi connectivity index (χ1n) is 14.2. The lowest BCUT2D eigenvalue weighted by Crippen LogP contribution is -2.50. The number of benzene rings is 3. The second-order valence-electron chi connectivity index (χ2n) is 11.2. The number of nitrogens with one attached hydrogen (secondary N) is 1. The Labute approximate surface area is 239 Å². The summed E-state index contributed by atoms with van der Waals surface area (Å²) in [5.74, 6) is -1.12. The van der Waals surface area contributed by atoms with Crippen molar-refractivity contribution >= 4 is 34.3 Å². The molecule has 9 heteroatoms. The van der Waals surface area contributed by atoms with Gasteiger partial charge in [0.15, 0.2) is 0 Å². The molecule has 3 N–H and O–H groups in total. The van der Waals surface area contributed by atoms with Gasteiger partial charge in [0.25, 0.3) is 5.91 Å². The summed E-state index contributed by atoms with van der Waals surface area (Å²) in [6.07, 6.45) is 4.81. The summed E-state index contributed by atoms with van der Waals surface area (Å²) < 4.78 is 5.57. The smallest absolute Gasteiger partial charge is 0.414 e. The third kappa shape index (κ3) is 6.62. The molecule has 1 aliphatic heterocycles. The molecule has 2 atom stereocenters. The third-order valence-electron chi connectivity index (χ3n) is 8.78. The van der Waals surface area contributed by atoms with Crippen LogP contribution in [0.5, 0.6) is 5.75 Å². The van der Waals surface area contributed by atoms with Crippen LogP contribution in [0.2, 0.25) is 0 Å². The van der Waals surface area contributed by atoms with E-state index in [4.69, 9.17) is 24.5 Å². The Morgan fingerprint density at radius 3 is 2.02 bits per heavy atom. The molecule has 1 amide bonds. The number of hydrogen-bond acceptors (Lipinski definition) is 6. The van der Waals surface area contributed by atoms with Crippen LogP contribution in [-0.4, -0.2) is 78.3 Å². The minimum absolute atomic E-state index is 0.0738. The van der Waals surface area contributed by atoms with E-state index in [-0.39, 0.29) is 5.91 Å². The van der Waals surface area contributed by atoms with E-state index in [1.807, 2.05) is 36.4 Å². The second-order valence-corrected chi connectivity index (χ2v) is 11.2. The normalized spacial score (nSPS) is 23.8. The number of para-hydroxylation sites is 2. The number of fused-ring (bicyclic) bond motifs is 2. The van der Waals surface area contributed by atoms with E-state index in [1.165, 1.54) is 23.9 Å². The average molecular weight is 560 g/mol. The highest BCUT2D eigenvalue weighted by atomic mass is 16.5. The van der Waals surface area contributed by atoms with E-state index in [0.717, 1.165) is 67.6 Å². The first kappa shape index (κ1) is 28.4. The van der Waals surface area contributed by atoms with Gasteiger partial charge >= 0.3 is 11.9 Å². The molecule has 3 aromatic carbocycles. The van der Waals surface area contributed by atoms with Crippen LogP contribution in [0.25, 0.3) is 10.8 Å². The molecular formula is C32H37N3O6. The Morgan fingerprint density at radius 2 is 1.39 bits per heavy atom. The van der Waals surface area contributed by atoms with Gasteiger partial charge in [0.1, 0.15) is 5.75 Å². The van der Waals surface area contributed by atoms with Crippen molar-refractivity contribution in [1.29, 1.82) is 0 Å². The van der Waals surface area contributed by atoms with E-state index in [2.05, 4.69) is 45.4 Å². The molecule has 216 valence electrons. The van der Waals surface area contributed by atoms with Crippen LogP contribution in [-0.2, 0) is 9.59 Å². The fourth-order valence-electron chi connectivity index (χ4n) is 6.82. The first-order valence-corrected chi connectivity index (χ1v) is 14.2. The topological polar surface area (TPSA) is 119 Å². The van der Waals surface area contributed by atoms with Gasteiger partial charge in [-0.2, -0.15) is 0 Å². The fraction of sp³-hybridized carbons (Fsp3) is 0.406. The number of nitrogens with zero attached hydrogens (tertiary/aromatic N) is 2. The van der Waals surface area contributed by atoms with Gasteiger partial charge in [0.2, 0.25) is 0 Å². The van der Waals surface area contributed by atoms with Crippen molar-refractivity contribution in [3.05, 3.63) is 72.3 Å². The van der Waals surface area contributed by atoms with Gasteiger partial charge < -0.3 is 25.2 Å². The van der Waals surface area contributed by atoms with Crippen molar-refractivity contribution in [2.45, 2.75) is 37.8 Å². The third-order valence-corrected chi connectivity index (χ3v) is 8.78. The summed E-state index contributed by atoms with van der Waals surface area (Å²) in [5, 5.41) is 20.4. The SMILES string of the molecule is COc1ccccc1N1CCN(C2CC3CC(NC(=O)c4ccc5ccccc5c4)CC3C2)CC1.O=C(O)C(=O)O. The van der Waals surface area contributed by atoms with Crippen molar-refractivity contribution in [3.63, 3.8) is 0 Å². The molecule has 0 radical (unpaired) electrons. The number of aliphatic carboxylic acids is 2. The van der Waals surface area contributed by atoms with Crippen molar-refractivity contribution in [3.8, 4) is 5.75 Å². The Bertz CT molecular complexity index is 1380. The molecule has 0 aromatic heterocycles. The van der Waals surface area contributed by atoms with E-state index >= 15 is 0 Å². The van der Waals surface area contributed by atoms with Crippen LogP contribution < -0.4 is 15.0 Å². The number of hydrogen-bond donors (Lipinski definition) is 3. The molecule has 1 heterocycles. The van der Waals surface area contributed by atoms with Gasteiger partial charge in [0, 0.05) is 43.8 Å². The number of rotatable bonds is 5. The highest BCUT2D eigenvalue weighted by Crippen LogP contribution is 2.46. The molecule has 9 nitrogen and oxygen atoms in total. The monoisotopic (exact) mass is 559 g/mol. The van der Waals surface area contributed by atoms with Crippen molar-refractivity contribution in [1.82, 2.24) is 10.2 Å². The number of carbonyl (C=O) groups is 3. The minimum atomic E-state index is -1.82. The highest BCUT2D eigenvalue weighted by Gasteiger charge is 2.44. The van der Waals surface area contributed by atoms with E-state index in [0.29, 0.717) is 12.1 Å². The van der Waals surface area contributed by atoms with Crippen LogP contribution in [0.15, 0.2) is 66.7 Å². The summed E-state index contributed by atoms with van der Waals surface area (Å²) in [6, 6.07) is 23.6. The van der Waals surface area contributed by atoms with Crippen molar-refractivity contribution in [2.24, 2.45) is 11.8 Å². The maximum atomic E-state index is 12.9. The van der Waals surface area contributed by atoms with Gasteiger partial charge in [-0.15, -0.1) is 0 Å². The average Bonchev–Trinajstić information content (AvgIpc) is 3.56. The molecule has 3 aromatic rings. The Morgan fingerprint density at radius 1 is 0.780 bits per heavy atom. The first-order chi connectivity index (χ1) is 19.8. The molecule has 1 saturated heterocycles. The number of ether oxygens (including phenoxy) is 1. The summed E-state index contributed by atoms with van der Waals surface area (Å²) in [5.41, 5.74) is 1.98. The van der Waals surface area contributed by atoms with Crippen LogP contribution in [0.1, 0.15) is 36.0 Å². The number of carbonyl (C=O) groups excluding carboxylic acids is 1. The number of piperazine rings is 1. The Balaban J connectivity index is 0.000000511. The van der Waals surface area contributed by atoms with Gasteiger partial charge in [0.05, 0.1) is 12.8 Å². The maximum absolute atomic E-state index is 12.9. The van der Waals surface area contributed by atoms with Gasteiger partial charge in [-0.3, -0.25) is 9.69 Å². The predicted octanol–water partition coefficient (Wildman–Crippen LogP) is 4.11. The molecule has 0 bridgehead atoms. The summed E-state index contributed by atoms with van der Waals surface area (Å²) >= 11 is 0. The molecule has 2 aliphatic carbocycles. The standard InChI is InChI=1S/C30H35N3O2.C2H2O4/c1-35-29-9-5-4-8-28(29)33-14-12-32(13-15-33)27-19-24-17-26(18-25(24)20-27)31-30(34)23-11-10-21-6-2-3-7-22(21)16-23;3-1(4)2(5)6/h2-11,16,24-27H,12-15,17-20H2,1H3,(H,31,34);(H,3,4)(H,5,6). The lowest BCUT2D eigenvalue weighted by atomic mass is 10.0. The second kappa shape index (κ2) is 12.6. The Hall–Kier alpha value is -4.11. The van der Waals surface area contributed by atoms with E-state index < -0.39 is 11.9 Å². The lowest BCUT2D eigenvalue weighted by Gasteiger charge is -2.39. The lowest BCUT2D eigenvalue weighted by molar-refractivity contribution is -0.159. The van der Waals surface area contributed by atoms with Gasteiger partial charge in [-0.05, 0) is 72.6 Å². The maximum Gasteiger partial charge on any atom is 0.414 e. The zero-order chi connectivity index (χ0) is 28.9. The number of carboxylic acid groups (broad SMARTS) is 2. The van der Waals surface area contributed by atoms with Crippen LogP contribution in [0.4, 0.5) is 5.69 Å². The summed E-state index contributed by atoms with van der Waals surface area (Å²) in [7, 11) is 1.75. The summed E-state index contributed by atoms with van der Waals surface area (Å²) in [6.45, 7) is 4.34. The zero-order valence-electron chi connectivity index (χ0n) is 23.2. The molecular weight excluding hydrogens is 522 g/mol. The quantitative estimate of drug-likeness (QED) is 0.400. The number of amides is 1. The predicted molar refractivity (Wildman–Crippen MR) is 156 cm³/mol. The minimum Gasteiger partial charge on any atom is -0.495 e. The molecule has 3 fully saturated rings. The highest BCUT2D eigenvalue weighted by molar-refractivity contribution is 6.27. The van der Waals surface area contributed by atoms with Crippen molar-refractivity contribution in [2.75, 3.05) is 38.2 Å². The number of carboxylic acids is 2. The largest absolute Gasteiger partial charge is 0.495 e. The Kier molecular flexibility index (Phi) is 8.73. The molecule has 0 spiro atoms. The van der Waals surface area contributed by atoms with Gasteiger partial charge in [-0.25, -0.2) is 9.59 Å². The molecule has 41 heavy (non-hydrogen) atoms. The molecule has 3 aliphatic rings. The van der Waals surface area contributed by atoms with Crippen molar-refractivity contribution < 1.29 is 29.3 Å². The molecule has 2 saturated carbocycles. The summed E-state index contributed by atoms with van der Waals surface area (Å²) in [4.78, 5) is 36.3. The van der Waals surface area contributed by atoms with Crippen LogP contribution in [0.3, 0.4) is 0 Å². The number of methoxy groups -OCH3 is 1. The molecule has 6 rings (SSSR count). The fourth-order valence-corrected chi connectivity index (χ4v) is 6.82. The van der Waals surface area contributed by atoms with Crippen LogP contribution in [0, 0.1) is 11.8 Å². The van der Waals surface area contributed by atoms with E-state index in [9.17, 15) is 4.79 Å². The number of anilines is 1. The molecule has 2 unspecified atom stereocenters. The zero-order valence-corrected chi connectivity index (χ0v) is 23.2.